The highest BCUT2D eigenvalue weighted by molar-refractivity contribution is 4.88. The molecule has 1 aliphatic heterocycles. The molecule has 18 heavy (non-hydrogen) atoms. The summed E-state index contributed by atoms with van der Waals surface area (Å²) >= 11 is 0. The van der Waals surface area contributed by atoms with Gasteiger partial charge in [0.2, 0.25) is 0 Å². The Morgan fingerprint density at radius 1 is 1.22 bits per heavy atom. The SMILES string of the molecule is CCCC(O)C(CC)N1CCC(N(CC)CC)C1. The molecule has 0 aromatic rings. The van der Waals surface area contributed by atoms with Gasteiger partial charge < -0.3 is 5.11 Å². The van der Waals surface area contributed by atoms with Crippen molar-refractivity contribution in [1.82, 2.24) is 9.80 Å². The van der Waals surface area contributed by atoms with Crippen LogP contribution in [0.5, 0.6) is 0 Å². The van der Waals surface area contributed by atoms with Gasteiger partial charge in [-0.15, -0.1) is 0 Å². The minimum atomic E-state index is -0.143. The molecule has 3 heteroatoms. The highest BCUT2D eigenvalue weighted by Gasteiger charge is 2.32. The van der Waals surface area contributed by atoms with Crippen LogP contribution in [-0.2, 0) is 0 Å². The largest absolute Gasteiger partial charge is 0.391 e. The van der Waals surface area contributed by atoms with E-state index in [2.05, 4.69) is 37.5 Å². The third-order valence-corrected chi connectivity index (χ3v) is 4.44. The van der Waals surface area contributed by atoms with E-state index in [1.165, 1.54) is 6.42 Å². The Hall–Kier alpha value is -0.120. The molecule has 0 aromatic heterocycles. The zero-order chi connectivity index (χ0) is 13.5. The highest BCUT2D eigenvalue weighted by Crippen LogP contribution is 2.22. The van der Waals surface area contributed by atoms with Gasteiger partial charge in [-0.1, -0.05) is 34.1 Å². The van der Waals surface area contributed by atoms with Gasteiger partial charge in [-0.05, 0) is 32.4 Å². The minimum absolute atomic E-state index is 0.143. The second kappa shape index (κ2) is 8.13. The molecule has 1 aliphatic rings. The Kier molecular flexibility index (Phi) is 7.20. The lowest BCUT2D eigenvalue weighted by Gasteiger charge is -2.32. The fourth-order valence-electron chi connectivity index (χ4n) is 3.37. The van der Waals surface area contributed by atoms with Gasteiger partial charge in [-0.3, -0.25) is 9.80 Å². The van der Waals surface area contributed by atoms with E-state index >= 15 is 0 Å². The van der Waals surface area contributed by atoms with E-state index in [4.69, 9.17) is 0 Å². The standard InChI is InChI=1S/C15H32N2O/c1-5-9-15(18)14(6-2)17-11-10-13(12-17)16(7-3)8-4/h13-15,18H,5-12H2,1-4H3. The van der Waals surface area contributed by atoms with Crippen LogP contribution in [0.25, 0.3) is 0 Å². The van der Waals surface area contributed by atoms with Crippen LogP contribution in [0.3, 0.4) is 0 Å². The van der Waals surface area contributed by atoms with Crippen molar-refractivity contribution in [3.05, 3.63) is 0 Å². The van der Waals surface area contributed by atoms with E-state index < -0.39 is 0 Å². The number of rotatable bonds is 8. The summed E-state index contributed by atoms with van der Waals surface area (Å²) in [6.45, 7) is 13.4. The second-order valence-electron chi connectivity index (χ2n) is 5.49. The Balaban J connectivity index is 2.52. The molecule has 1 N–H and O–H groups in total. The predicted octanol–water partition coefficient (Wildman–Crippen LogP) is 2.34. The summed E-state index contributed by atoms with van der Waals surface area (Å²) in [6, 6.07) is 1.06. The fraction of sp³-hybridized carbons (Fsp3) is 1.00. The van der Waals surface area contributed by atoms with Gasteiger partial charge in [0.1, 0.15) is 0 Å². The lowest BCUT2D eigenvalue weighted by molar-refractivity contribution is 0.0487. The first-order valence-corrected chi connectivity index (χ1v) is 7.83. The van der Waals surface area contributed by atoms with Crippen LogP contribution >= 0.6 is 0 Å². The summed E-state index contributed by atoms with van der Waals surface area (Å²) in [5, 5.41) is 10.3. The smallest absolute Gasteiger partial charge is 0.0695 e. The topological polar surface area (TPSA) is 26.7 Å². The second-order valence-corrected chi connectivity index (χ2v) is 5.49. The van der Waals surface area contributed by atoms with E-state index in [1.54, 1.807) is 0 Å². The average molecular weight is 256 g/mol. The van der Waals surface area contributed by atoms with Gasteiger partial charge in [0.15, 0.2) is 0 Å². The van der Waals surface area contributed by atoms with Crippen LogP contribution < -0.4 is 0 Å². The molecule has 1 saturated heterocycles. The molecule has 108 valence electrons. The third kappa shape index (κ3) is 3.94. The molecule has 0 radical (unpaired) electrons. The van der Waals surface area contributed by atoms with Gasteiger partial charge >= 0.3 is 0 Å². The molecule has 0 aliphatic carbocycles. The zero-order valence-corrected chi connectivity index (χ0v) is 12.7. The summed E-state index contributed by atoms with van der Waals surface area (Å²) in [5.74, 6) is 0. The number of aliphatic hydroxyl groups excluding tert-OH is 1. The number of nitrogens with zero attached hydrogens (tertiary/aromatic N) is 2. The molecule has 3 nitrogen and oxygen atoms in total. The van der Waals surface area contributed by atoms with Crippen LogP contribution in [0.15, 0.2) is 0 Å². The monoisotopic (exact) mass is 256 g/mol. The third-order valence-electron chi connectivity index (χ3n) is 4.44. The summed E-state index contributed by atoms with van der Waals surface area (Å²) in [5.41, 5.74) is 0. The molecular formula is C15H32N2O. The first kappa shape index (κ1) is 15.9. The quantitative estimate of drug-likeness (QED) is 0.722. The summed E-state index contributed by atoms with van der Waals surface area (Å²) in [7, 11) is 0. The number of hydrogen-bond donors (Lipinski definition) is 1. The van der Waals surface area contributed by atoms with Crippen LogP contribution in [0.2, 0.25) is 0 Å². The number of likely N-dealkylation sites (N-methyl/N-ethyl adjacent to an activating group) is 1. The van der Waals surface area contributed by atoms with Gasteiger partial charge in [-0.25, -0.2) is 0 Å². The van der Waals surface area contributed by atoms with Crippen molar-refractivity contribution in [3.63, 3.8) is 0 Å². The Labute approximate surface area is 113 Å². The first-order valence-electron chi connectivity index (χ1n) is 7.83. The van der Waals surface area contributed by atoms with Gasteiger partial charge in [-0.2, -0.15) is 0 Å². The van der Waals surface area contributed by atoms with E-state index in [1.807, 2.05) is 0 Å². The van der Waals surface area contributed by atoms with Crippen molar-refractivity contribution in [2.24, 2.45) is 0 Å². The van der Waals surface area contributed by atoms with E-state index in [0.717, 1.165) is 45.4 Å². The lowest BCUT2D eigenvalue weighted by atomic mass is 10.0. The number of aliphatic hydroxyl groups is 1. The van der Waals surface area contributed by atoms with Crippen LogP contribution in [-0.4, -0.2) is 59.3 Å². The molecule has 0 saturated carbocycles. The highest BCUT2D eigenvalue weighted by atomic mass is 16.3. The normalized spacial score (nSPS) is 24.7. The van der Waals surface area contributed by atoms with Crippen LogP contribution in [0.4, 0.5) is 0 Å². The Morgan fingerprint density at radius 3 is 2.39 bits per heavy atom. The summed E-state index contributed by atoms with van der Waals surface area (Å²) in [4.78, 5) is 5.07. The van der Waals surface area contributed by atoms with Crippen molar-refractivity contribution in [3.8, 4) is 0 Å². The average Bonchev–Trinajstić information content (AvgIpc) is 2.81. The van der Waals surface area contributed by atoms with Crippen LogP contribution in [0.1, 0.15) is 53.4 Å². The molecule has 1 heterocycles. The fourth-order valence-corrected chi connectivity index (χ4v) is 3.37. The molecule has 3 unspecified atom stereocenters. The molecule has 3 atom stereocenters. The summed E-state index contributed by atoms with van der Waals surface area (Å²) in [6.07, 6.45) is 4.19. The van der Waals surface area contributed by atoms with E-state index in [0.29, 0.717) is 12.1 Å². The molecule has 0 bridgehead atoms. The van der Waals surface area contributed by atoms with Crippen molar-refractivity contribution in [2.75, 3.05) is 26.2 Å². The van der Waals surface area contributed by atoms with Gasteiger partial charge in [0, 0.05) is 25.2 Å². The van der Waals surface area contributed by atoms with Gasteiger partial charge in [0.05, 0.1) is 6.10 Å². The van der Waals surface area contributed by atoms with Crippen molar-refractivity contribution in [2.45, 2.75) is 71.6 Å². The van der Waals surface area contributed by atoms with Crippen molar-refractivity contribution in [1.29, 1.82) is 0 Å². The molecule has 0 amide bonds. The minimum Gasteiger partial charge on any atom is -0.391 e. The first-order chi connectivity index (χ1) is 8.67. The molecular weight excluding hydrogens is 224 g/mol. The zero-order valence-electron chi connectivity index (χ0n) is 12.7. The van der Waals surface area contributed by atoms with E-state index in [-0.39, 0.29) is 6.10 Å². The molecule has 0 spiro atoms. The van der Waals surface area contributed by atoms with Crippen LogP contribution in [0, 0.1) is 0 Å². The summed E-state index contributed by atoms with van der Waals surface area (Å²) < 4.78 is 0. The molecule has 1 rings (SSSR count). The molecule has 1 fully saturated rings. The number of hydrogen-bond acceptors (Lipinski definition) is 3. The van der Waals surface area contributed by atoms with Crippen molar-refractivity contribution >= 4 is 0 Å². The lowest BCUT2D eigenvalue weighted by Crippen LogP contribution is -2.44. The maximum atomic E-state index is 10.3. The predicted molar refractivity (Wildman–Crippen MR) is 77.9 cm³/mol. The maximum absolute atomic E-state index is 10.3. The maximum Gasteiger partial charge on any atom is 0.0695 e. The van der Waals surface area contributed by atoms with Crippen molar-refractivity contribution < 1.29 is 5.11 Å². The van der Waals surface area contributed by atoms with E-state index in [9.17, 15) is 5.11 Å². The number of likely N-dealkylation sites (tertiary alicyclic amines) is 1. The van der Waals surface area contributed by atoms with Gasteiger partial charge in [0.25, 0.3) is 0 Å². The Morgan fingerprint density at radius 2 is 1.89 bits per heavy atom. The molecule has 0 aromatic carbocycles. The Bertz CT molecular complexity index is 219.